The Bertz CT molecular complexity index is 1140. The second-order valence-electron chi connectivity index (χ2n) is 7.96. The number of H-pyrrole nitrogens is 1. The molecule has 0 aliphatic rings. The molecule has 0 spiro atoms. The summed E-state index contributed by atoms with van der Waals surface area (Å²) in [6, 6.07) is 6.95. The number of nitrogens with two attached hydrogens (primary N) is 1. The van der Waals surface area contributed by atoms with Crippen LogP contribution in [0.2, 0.25) is 0 Å². The molecule has 32 heavy (non-hydrogen) atoms. The quantitative estimate of drug-likeness (QED) is 0.332. The van der Waals surface area contributed by atoms with Gasteiger partial charge in [0.1, 0.15) is 12.1 Å². The number of anilines is 1. The number of nitrogens with zero attached hydrogens (tertiary/aromatic N) is 3. The van der Waals surface area contributed by atoms with Crippen LogP contribution in [0.4, 0.5) is 5.82 Å². The SMILES string of the molecule is COCCOc1nc(N)c2[nH]c(=O)n(Cc3ccc(C(=O)NC(C)(C)CCO)cc3)c2n1. The minimum atomic E-state index is -0.523. The van der Waals surface area contributed by atoms with E-state index >= 15 is 0 Å². The highest BCUT2D eigenvalue weighted by Gasteiger charge is 2.20. The lowest BCUT2D eigenvalue weighted by atomic mass is 10.0. The van der Waals surface area contributed by atoms with Gasteiger partial charge in [-0.25, -0.2) is 4.79 Å². The summed E-state index contributed by atoms with van der Waals surface area (Å²) in [5.74, 6) is -0.131. The molecular formula is C21H28N6O5. The second kappa shape index (κ2) is 9.79. The fourth-order valence-corrected chi connectivity index (χ4v) is 3.12. The maximum absolute atomic E-state index is 12.5. The van der Waals surface area contributed by atoms with Crippen LogP contribution < -0.4 is 21.5 Å². The Morgan fingerprint density at radius 1 is 1.25 bits per heavy atom. The number of benzene rings is 1. The van der Waals surface area contributed by atoms with Crippen molar-refractivity contribution in [2.24, 2.45) is 0 Å². The van der Waals surface area contributed by atoms with Gasteiger partial charge in [-0.05, 0) is 38.0 Å². The Labute approximate surface area is 184 Å². The van der Waals surface area contributed by atoms with E-state index in [1.54, 1.807) is 31.4 Å². The van der Waals surface area contributed by atoms with Gasteiger partial charge >= 0.3 is 11.7 Å². The number of amides is 1. The molecule has 2 aromatic heterocycles. The number of aliphatic hydroxyl groups excluding tert-OH is 1. The van der Waals surface area contributed by atoms with Crippen molar-refractivity contribution in [3.05, 3.63) is 45.9 Å². The first kappa shape index (κ1) is 23.2. The number of carbonyl (C=O) groups excluding carboxylic acids is 1. The van der Waals surface area contributed by atoms with E-state index in [-0.39, 0.29) is 43.2 Å². The first-order valence-corrected chi connectivity index (χ1v) is 10.1. The Morgan fingerprint density at radius 3 is 2.62 bits per heavy atom. The lowest BCUT2D eigenvalue weighted by Crippen LogP contribution is -2.44. The summed E-state index contributed by atoms with van der Waals surface area (Å²) in [6.07, 6.45) is 0.447. The monoisotopic (exact) mass is 444 g/mol. The van der Waals surface area contributed by atoms with Crippen LogP contribution in [0.25, 0.3) is 11.2 Å². The molecule has 0 atom stereocenters. The molecule has 0 saturated heterocycles. The van der Waals surface area contributed by atoms with Gasteiger partial charge < -0.3 is 30.6 Å². The number of fused-ring (bicyclic) bond motifs is 1. The molecule has 0 bridgehead atoms. The van der Waals surface area contributed by atoms with E-state index in [0.717, 1.165) is 5.56 Å². The predicted octanol–water partition coefficient (Wildman–Crippen LogP) is 0.666. The molecule has 0 fully saturated rings. The van der Waals surface area contributed by atoms with Crippen LogP contribution in [0.3, 0.4) is 0 Å². The number of nitrogen functional groups attached to an aromatic ring is 1. The zero-order chi connectivity index (χ0) is 23.3. The maximum Gasteiger partial charge on any atom is 0.328 e. The van der Waals surface area contributed by atoms with Crippen LogP contribution >= 0.6 is 0 Å². The van der Waals surface area contributed by atoms with E-state index in [9.17, 15) is 9.59 Å². The van der Waals surface area contributed by atoms with Gasteiger partial charge in [0.05, 0.1) is 13.2 Å². The number of hydrogen-bond acceptors (Lipinski definition) is 8. The van der Waals surface area contributed by atoms with Crippen molar-refractivity contribution >= 4 is 22.9 Å². The largest absolute Gasteiger partial charge is 0.461 e. The van der Waals surface area contributed by atoms with Crippen molar-refractivity contribution in [2.45, 2.75) is 32.4 Å². The molecular weight excluding hydrogens is 416 g/mol. The summed E-state index contributed by atoms with van der Waals surface area (Å²) in [6.45, 7) is 4.50. The van der Waals surface area contributed by atoms with Crippen LogP contribution in [0.15, 0.2) is 29.1 Å². The predicted molar refractivity (Wildman–Crippen MR) is 119 cm³/mol. The third-order valence-electron chi connectivity index (χ3n) is 4.89. The second-order valence-corrected chi connectivity index (χ2v) is 7.96. The number of aromatic amines is 1. The number of imidazole rings is 1. The first-order chi connectivity index (χ1) is 15.2. The van der Waals surface area contributed by atoms with Gasteiger partial charge in [-0.15, -0.1) is 0 Å². The highest BCUT2D eigenvalue weighted by molar-refractivity contribution is 5.94. The van der Waals surface area contributed by atoms with E-state index in [2.05, 4.69) is 20.3 Å². The number of ether oxygens (including phenoxy) is 2. The number of rotatable bonds is 10. The highest BCUT2D eigenvalue weighted by atomic mass is 16.5. The fraction of sp³-hybridized carbons (Fsp3) is 0.429. The van der Waals surface area contributed by atoms with Crippen molar-refractivity contribution in [3.63, 3.8) is 0 Å². The van der Waals surface area contributed by atoms with Crippen LogP contribution in [0.5, 0.6) is 6.01 Å². The molecule has 1 aromatic carbocycles. The number of carbonyl (C=O) groups is 1. The average molecular weight is 444 g/mol. The van der Waals surface area contributed by atoms with E-state index in [0.29, 0.717) is 29.8 Å². The number of hydrogen-bond donors (Lipinski definition) is 4. The fourth-order valence-electron chi connectivity index (χ4n) is 3.12. The Hall–Kier alpha value is -3.44. The van der Waals surface area contributed by atoms with E-state index in [1.165, 1.54) is 4.57 Å². The van der Waals surface area contributed by atoms with E-state index in [4.69, 9.17) is 20.3 Å². The van der Waals surface area contributed by atoms with Crippen LogP contribution in [-0.2, 0) is 11.3 Å². The lowest BCUT2D eigenvalue weighted by Gasteiger charge is -2.25. The minimum absolute atomic E-state index is 0.0151. The van der Waals surface area contributed by atoms with Gasteiger partial charge in [-0.2, -0.15) is 9.97 Å². The minimum Gasteiger partial charge on any atom is -0.461 e. The molecule has 0 aliphatic carbocycles. The molecule has 3 aromatic rings. The Kier molecular flexibility index (Phi) is 7.11. The summed E-state index contributed by atoms with van der Waals surface area (Å²) in [4.78, 5) is 36.0. The van der Waals surface area contributed by atoms with Gasteiger partial charge in [0.15, 0.2) is 11.5 Å². The lowest BCUT2D eigenvalue weighted by molar-refractivity contribution is 0.0899. The normalized spacial score (nSPS) is 11.6. The van der Waals surface area contributed by atoms with Crippen LogP contribution in [0.1, 0.15) is 36.2 Å². The van der Waals surface area contributed by atoms with E-state index in [1.807, 2.05) is 13.8 Å². The summed E-state index contributed by atoms with van der Waals surface area (Å²) in [7, 11) is 1.55. The smallest absolute Gasteiger partial charge is 0.328 e. The number of aliphatic hydroxyl groups is 1. The average Bonchev–Trinajstić information content (AvgIpc) is 3.04. The summed E-state index contributed by atoms with van der Waals surface area (Å²) < 4.78 is 11.8. The summed E-state index contributed by atoms with van der Waals surface area (Å²) in [5, 5.41) is 12.0. The summed E-state index contributed by atoms with van der Waals surface area (Å²) >= 11 is 0. The summed E-state index contributed by atoms with van der Waals surface area (Å²) in [5.41, 5.74) is 6.97. The highest BCUT2D eigenvalue weighted by Crippen LogP contribution is 2.19. The topological polar surface area (TPSA) is 157 Å². The number of nitrogens with one attached hydrogen (secondary N) is 2. The number of aromatic nitrogens is 4. The van der Waals surface area contributed by atoms with Gasteiger partial charge in [0.2, 0.25) is 0 Å². The van der Waals surface area contributed by atoms with Crippen molar-refractivity contribution in [3.8, 4) is 6.01 Å². The van der Waals surface area contributed by atoms with Gasteiger partial charge in [0.25, 0.3) is 5.91 Å². The molecule has 11 heteroatoms. The third kappa shape index (κ3) is 5.42. The van der Waals surface area contributed by atoms with Crippen molar-refractivity contribution in [2.75, 3.05) is 32.7 Å². The molecule has 11 nitrogen and oxygen atoms in total. The Morgan fingerprint density at radius 2 is 1.97 bits per heavy atom. The van der Waals surface area contributed by atoms with Gasteiger partial charge in [0, 0.05) is 24.8 Å². The standard InChI is InChI=1S/C21H28N6O5/c1-21(2,8-9-28)26-18(29)14-6-4-13(5-7-14)12-27-17-15(23-20(27)30)16(22)24-19(25-17)32-11-10-31-3/h4-7,28H,8-12H2,1-3H3,(H,23,30)(H,26,29)(H2,22,24,25). The molecule has 0 radical (unpaired) electrons. The van der Waals surface area contributed by atoms with Gasteiger partial charge in [-0.3, -0.25) is 9.36 Å². The third-order valence-corrected chi connectivity index (χ3v) is 4.89. The molecule has 0 unspecified atom stereocenters. The van der Waals surface area contributed by atoms with Crippen LogP contribution in [-0.4, -0.2) is 63.0 Å². The molecule has 2 heterocycles. The van der Waals surface area contributed by atoms with Crippen molar-refractivity contribution < 1.29 is 19.4 Å². The van der Waals surface area contributed by atoms with E-state index < -0.39 is 5.54 Å². The van der Waals surface area contributed by atoms with Crippen LogP contribution in [0, 0.1) is 0 Å². The first-order valence-electron chi connectivity index (χ1n) is 10.1. The van der Waals surface area contributed by atoms with Crippen molar-refractivity contribution in [1.29, 1.82) is 0 Å². The molecule has 3 rings (SSSR count). The molecule has 1 amide bonds. The van der Waals surface area contributed by atoms with Crippen molar-refractivity contribution in [1.82, 2.24) is 24.8 Å². The Balaban J connectivity index is 1.81. The van der Waals surface area contributed by atoms with Gasteiger partial charge in [-0.1, -0.05) is 12.1 Å². The molecule has 0 aliphatic heterocycles. The number of methoxy groups -OCH3 is 1. The molecule has 172 valence electrons. The zero-order valence-corrected chi connectivity index (χ0v) is 18.3. The zero-order valence-electron chi connectivity index (χ0n) is 18.3. The molecule has 0 saturated carbocycles. The molecule has 5 N–H and O–H groups in total. The maximum atomic E-state index is 12.5.